The van der Waals surface area contributed by atoms with Crippen molar-refractivity contribution in [2.75, 3.05) is 26.7 Å². The van der Waals surface area contributed by atoms with E-state index in [1.807, 2.05) is 12.1 Å². The Bertz CT molecular complexity index is 450. The van der Waals surface area contributed by atoms with Gasteiger partial charge in [0.25, 0.3) is 0 Å². The molecule has 0 aromatic heterocycles. The average Bonchev–Trinajstić information content (AvgIpc) is 2.41. The molecule has 0 saturated carbocycles. The van der Waals surface area contributed by atoms with Crippen molar-refractivity contribution in [1.82, 2.24) is 4.90 Å². The van der Waals surface area contributed by atoms with E-state index in [0.29, 0.717) is 16.8 Å². The van der Waals surface area contributed by atoms with Gasteiger partial charge in [-0.15, -0.1) is 0 Å². The summed E-state index contributed by atoms with van der Waals surface area (Å²) < 4.78 is 5.84. The fraction of sp³-hybridized carbons (Fsp3) is 0.600. The minimum absolute atomic E-state index is 0.0915. The number of benzene rings is 1. The van der Waals surface area contributed by atoms with E-state index < -0.39 is 0 Å². The molecular formula is C15H25BrN2O2. The summed E-state index contributed by atoms with van der Waals surface area (Å²) in [5, 5.41) is 9.84. The number of phenols is 1. The second kappa shape index (κ2) is 7.29. The Balaban J connectivity index is 2.88. The predicted molar refractivity (Wildman–Crippen MR) is 86.1 cm³/mol. The molecule has 0 atom stereocenters. The lowest BCUT2D eigenvalue weighted by Gasteiger charge is -2.31. The van der Waals surface area contributed by atoms with Crippen molar-refractivity contribution >= 4 is 15.9 Å². The van der Waals surface area contributed by atoms with Gasteiger partial charge >= 0.3 is 0 Å². The molecule has 0 bridgehead atoms. The molecule has 114 valence electrons. The molecule has 0 aliphatic heterocycles. The molecule has 1 rings (SSSR count). The van der Waals surface area contributed by atoms with Crippen molar-refractivity contribution < 1.29 is 9.84 Å². The van der Waals surface area contributed by atoms with E-state index in [-0.39, 0.29) is 11.2 Å². The van der Waals surface area contributed by atoms with Crippen LogP contribution in [0.1, 0.15) is 26.3 Å². The number of phenolic OH excluding ortho intramolecular Hbond substituents is 1. The van der Waals surface area contributed by atoms with Gasteiger partial charge in [0, 0.05) is 13.1 Å². The zero-order valence-electron chi connectivity index (χ0n) is 12.7. The van der Waals surface area contributed by atoms with Crippen molar-refractivity contribution in [3.05, 3.63) is 22.2 Å². The van der Waals surface area contributed by atoms with Gasteiger partial charge < -0.3 is 15.6 Å². The summed E-state index contributed by atoms with van der Waals surface area (Å²) in [5.41, 5.74) is 6.99. The first-order valence-corrected chi connectivity index (χ1v) is 7.60. The zero-order chi connectivity index (χ0) is 15.3. The quantitative estimate of drug-likeness (QED) is 0.798. The van der Waals surface area contributed by atoms with Crippen molar-refractivity contribution in [3.63, 3.8) is 0 Å². The lowest BCUT2D eigenvalue weighted by Crippen LogP contribution is -2.38. The van der Waals surface area contributed by atoms with E-state index in [4.69, 9.17) is 10.5 Å². The number of aromatic hydroxyl groups is 1. The molecule has 0 radical (unpaired) electrons. The predicted octanol–water partition coefficient (Wildman–Crippen LogP) is 2.97. The molecule has 1 aromatic carbocycles. The molecule has 0 fully saturated rings. The maximum absolute atomic E-state index is 9.84. The summed E-state index contributed by atoms with van der Waals surface area (Å²) in [6.07, 6.45) is 0. The van der Waals surface area contributed by atoms with Crippen molar-refractivity contribution in [3.8, 4) is 11.5 Å². The lowest BCUT2D eigenvalue weighted by molar-refractivity contribution is 0.183. The van der Waals surface area contributed by atoms with Gasteiger partial charge in [0.15, 0.2) is 11.5 Å². The van der Waals surface area contributed by atoms with Crippen LogP contribution in [0.15, 0.2) is 16.6 Å². The number of methoxy groups -OCH3 is 1. The zero-order valence-corrected chi connectivity index (χ0v) is 14.3. The molecule has 0 aliphatic carbocycles. The molecule has 0 spiro atoms. The van der Waals surface area contributed by atoms with Crippen LogP contribution in [0.3, 0.4) is 0 Å². The Kier molecular flexibility index (Phi) is 6.30. The average molecular weight is 345 g/mol. The molecule has 0 heterocycles. The third-order valence-electron chi connectivity index (χ3n) is 3.37. The van der Waals surface area contributed by atoms with Crippen LogP contribution in [0, 0.1) is 5.41 Å². The second-order valence-corrected chi connectivity index (χ2v) is 6.65. The van der Waals surface area contributed by atoms with Crippen LogP contribution < -0.4 is 10.5 Å². The SMILES string of the molecule is CCN(Cc1cc(Br)c(O)c(OC)c1)CC(C)(C)CN. The Morgan fingerprint density at radius 3 is 2.55 bits per heavy atom. The highest BCUT2D eigenvalue weighted by atomic mass is 79.9. The van der Waals surface area contributed by atoms with Crippen LogP contribution in [0.4, 0.5) is 0 Å². The van der Waals surface area contributed by atoms with Crippen LogP contribution in [-0.4, -0.2) is 36.8 Å². The molecule has 20 heavy (non-hydrogen) atoms. The van der Waals surface area contributed by atoms with Crippen LogP contribution in [0.2, 0.25) is 0 Å². The van der Waals surface area contributed by atoms with Crippen LogP contribution in [0.5, 0.6) is 11.5 Å². The number of hydrogen-bond donors (Lipinski definition) is 2. The molecule has 0 aliphatic rings. The van der Waals surface area contributed by atoms with Gasteiger partial charge in [-0.25, -0.2) is 0 Å². The van der Waals surface area contributed by atoms with Gasteiger partial charge in [-0.2, -0.15) is 0 Å². The second-order valence-electron chi connectivity index (χ2n) is 5.80. The first-order valence-electron chi connectivity index (χ1n) is 6.80. The molecule has 3 N–H and O–H groups in total. The third kappa shape index (κ3) is 4.65. The normalized spacial score (nSPS) is 11.9. The van der Waals surface area contributed by atoms with Crippen molar-refractivity contribution in [1.29, 1.82) is 0 Å². The topological polar surface area (TPSA) is 58.7 Å². The highest BCUT2D eigenvalue weighted by Crippen LogP contribution is 2.35. The monoisotopic (exact) mass is 344 g/mol. The number of rotatable bonds is 7. The molecule has 5 heteroatoms. The Hall–Kier alpha value is -0.780. The number of nitrogens with zero attached hydrogens (tertiary/aromatic N) is 1. The van der Waals surface area contributed by atoms with Crippen molar-refractivity contribution in [2.45, 2.75) is 27.3 Å². The van der Waals surface area contributed by atoms with E-state index in [2.05, 4.69) is 41.6 Å². The van der Waals surface area contributed by atoms with E-state index in [9.17, 15) is 5.11 Å². The van der Waals surface area contributed by atoms with E-state index in [1.54, 1.807) is 7.11 Å². The Morgan fingerprint density at radius 2 is 2.05 bits per heavy atom. The van der Waals surface area contributed by atoms with Crippen molar-refractivity contribution in [2.24, 2.45) is 11.1 Å². The van der Waals surface area contributed by atoms with Gasteiger partial charge in [0.2, 0.25) is 0 Å². The van der Waals surface area contributed by atoms with Gasteiger partial charge in [0.05, 0.1) is 11.6 Å². The standard InChI is InChI=1S/C15H25BrN2O2/c1-5-18(10-15(2,3)9-17)8-11-6-12(16)14(19)13(7-11)20-4/h6-7,19H,5,8-10,17H2,1-4H3. The van der Waals surface area contributed by atoms with Gasteiger partial charge in [-0.05, 0) is 52.1 Å². The van der Waals surface area contributed by atoms with Crippen LogP contribution >= 0.6 is 15.9 Å². The summed E-state index contributed by atoms with van der Waals surface area (Å²) in [6, 6.07) is 3.80. The lowest BCUT2D eigenvalue weighted by atomic mass is 9.93. The largest absolute Gasteiger partial charge is 0.503 e. The molecule has 0 amide bonds. The number of hydrogen-bond acceptors (Lipinski definition) is 4. The highest BCUT2D eigenvalue weighted by molar-refractivity contribution is 9.10. The molecule has 0 saturated heterocycles. The van der Waals surface area contributed by atoms with Gasteiger partial charge in [0.1, 0.15) is 0 Å². The minimum atomic E-state index is 0.0915. The molecule has 4 nitrogen and oxygen atoms in total. The number of nitrogens with two attached hydrogens (primary N) is 1. The first kappa shape index (κ1) is 17.3. The van der Waals surface area contributed by atoms with E-state index >= 15 is 0 Å². The smallest absolute Gasteiger partial charge is 0.172 e. The number of ether oxygens (including phenoxy) is 1. The van der Waals surface area contributed by atoms with Crippen LogP contribution in [0.25, 0.3) is 0 Å². The summed E-state index contributed by atoms with van der Waals surface area (Å²) in [6.45, 7) is 9.82. The summed E-state index contributed by atoms with van der Waals surface area (Å²) in [4.78, 5) is 2.34. The fourth-order valence-electron chi connectivity index (χ4n) is 2.08. The first-order chi connectivity index (χ1) is 9.32. The van der Waals surface area contributed by atoms with Gasteiger partial charge in [-0.3, -0.25) is 4.90 Å². The van der Waals surface area contributed by atoms with E-state index in [1.165, 1.54) is 0 Å². The maximum atomic E-state index is 9.84. The highest BCUT2D eigenvalue weighted by Gasteiger charge is 2.20. The summed E-state index contributed by atoms with van der Waals surface area (Å²) >= 11 is 3.36. The molecule has 1 aromatic rings. The summed E-state index contributed by atoms with van der Waals surface area (Å²) in [5.74, 6) is 0.630. The molecule has 0 unspecified atom stereocenters. The van der Waals surface area contributed by atoms with Crippen LogP contribution in [-0.2, 0) is 6.54 Å². The minimum Gasteiger partial charge on any atom is -0.503 e. The number of halogens is 1. The Morgan fingerprint density at radius 1 is 1.40 bits per heavy atom. The Labute approximate surface area is 130 Å². The maximum Gasteiger partial charge on any atom is 0.172 e. The van der Waals surface area contributed by atoms with Gasteiger partial charge in [-0.1, -0.05) is 20.8 Å². The van der Waals surface area contributed by atoms with E-state index in [0.717, 1.165) is 25.2 Å². The fourth-order valence-corrected chi connectivity index (χ4v) is 2.57. The summed E-state index contributed by atoms with van der Waals surface area (Å²) in [7, 11) is 1.56. The third-order valence-corrected chi connectivity index (χ3v) is 3.97. The molecular weight excluding hydrogens is 320 g/mol.